The van der Waals surface area contributed by atoms with Gasteiger partial charge in [-0.1, -0.05) is 36.4 Å². The maximum absolute atomic E-state index is 12.3. The lowest BCUT2D eigenvalue weighted by Crippen LogP contribution is -2.21. The van der Waals surface area contributed by atoms with E-state index in [9.17, 15) is 14.4 Å². The van der Waals surface area contributed by atoms with Crippen LogP contribution in [0.1, 0.15) is 16.1 Å². The van der Waals surface area contributed by atoms with E-state index in [1.54, 1.807) is 17.5 Å². The lowest BCUT2D eigenvalue weighted by molar-refractivity contribution is -0.139. The first-order valence-electron chi connectivity index (χ1n) is 8.03. The normalized spacial score (nSPS) is 10.4. The molecule has 0 unspecified atom stereocenters. The fraction of sp³-hybridized carbons (Fsp3) is 0.158. The lowest BCUT2D eigenvalue weighted by atomic mass is 10.1. The Balaban J connectivity index is 1.57. The number of carbonyl (C=O) groups is 3. The van der Waals surface area contributed by atoms with Crippen molar-refractivity contribution in [3.8, 4) is 0 Å². The van der Waals surface area contributed by atoms with Gasteiger partial charge in [-0.2, -0.15) is 0 Å². The van der Waals surface area contributed by atoms with Gasteiger partial charge in [0.1, 0.15) is 0 Å². The molecule has 8 heteroatoms. The van der Waals surface area contributed by atoms with Gasteiger partial charge >= 0.3 is 11.9 Å². The molecule has 3 aromatic rings. The molecule has 0 aliphatic carbocycles. The van der Waals surface area contributed by atoms with Gasteiger partial charge in [0, 0.05) is 5.38 Å². The number of amides is 1. The van der Waals surface area contributed by atoms with Gasteiger partial charge in [-0.25, -0.2) is 9.78 Å². The highest BCUT2D eigenvalue weighted by Gasteiger charge is 2.14. The largest absolute Gasteiger partial charge is 0.469 e. The number of esters is 2. The van der Waals surface area contributed by atoms with Gasteiger partial charge in [-0.15, -0.1) is 11.3 Å². The number of hydrogen-bond acceptors (Lipinski definition) is 7. The minimum atomic E-state index is -0.576. The van der Waals surface area contributed by atoms with Gasteiger partial charge in [-0.3, -0.25) is 14.9 Å². The molecule has 0 fully saturated rings. The zero-order valence-electron chi connectivity index (χ0n) is 14.4. The molecule has 0 bridgehead atoms. The lowest BCUT2D eigenvalue weighted by Gasteiger charge is -2.07. The summed E-state index contributed by atoms with van der Waals surface area (Å²) < 4.78 is 9.67. The van der Waals surface area contributed by atoms with E-state index in [1.807, 2.05) is 30.3 Å². The Bertz CT molecular complexity index is 993. The Labute approximate surface area is 158 Å². The number of methoxy groups -OCH3 is 1. The molecule has 1 N–H and O–H groups in total. The molecule has 1 aromatic heterocycles. The number of benzene rings is 2. The second kappa shape index (κ2) is 8.41. The van der Waals surface area contributed by atoms with E-state index >= 15 is 0 Å². The van der Waals surface area contributed by atoms with Crippen molar-refractivity contribution in [2.75, 3.05) is 19.0 Å². The average Bonchev–Trinajstić information content (AvgIpc) is 3.12. The number of hydrogen-bond donors (Lipinski definition) is 1. The summed E-state index contributed by atoms with van der Waals surface area (Å²) in [4.78, 5) is 39.6. The monoisotopic (exact) mass is 384 g/mol. The van der Waals surface area contributed by atoms with Crippen LogP contribution in [0.5, 0.6) is 0 Å². The van der Waals surface area contributed by atoms with Crippen LogP contribution in [0.3, 0.4) is 0 Å². The Hall–Kier alpha value is -3.26. The molecule has 1 amide bonds. The Kier molecular flexibility index (Phi) is 5.77. The van der Waals surface area contributed by atoms with Crippen LogP contribution in [-0.4, -0.2) is 36.5 Å². The fourth-order valence-electron chi connectivity index (χ4n) is 2.43. The number of anilines is 1. The van der Waals surface area contributed by atoms with Crippen molar-refractivity contribution in [3.63, 3.8) is 0 Å². The molecule has 138 valence electrons. The molecule has 0 radical (unpaired) electrons. The van der Waals surface area contributed by atoms with Gasteiger partial charge in [0.25, 0.3) is 5.91 Å². The van der Waals surface area contributed by atoms with Crippen molar-refractivity contribution < 1.29 is 23.9 Å². The number of thiazole rings is 1. The third kappa shape index (κ3) is 4.68. The number of ether oxygens (including phenoxy) is 2. The molecule has 0 saturated heterocycles. The molecule has 27 heavy (non-hydrogen) atoms. The highest BCUT2D eigenvalue weighted by Crippen LogP contribution is 2.19. The molecule has 0 spiro atoms. The molecule has 7 nitrogen and oxygen atoms in total. The first-order chi connectivity index (χ1) is 13.1. The molecule has 3 rings (SSSR count). The smallest absolute Gasteiger partial charge is 0.339 e. The Morgan fingerprint density at radius 3 is 2.70 bits per heavy atom. The molecule has 0 aliphatic heterocycles. The SMILES string of the molecule is COC(=O)Cc1csc(NC(=O)COC(=O)c2cccc3ccccc23)n1. The van der Waals surface area contributed by atoms with E-state index in [0.717, 1.165) is 10.8 Å². The van der Waals surface area contributed by atoms with E-state index in [0.29, 0.717) is 16.4 Å². The molecule has 0 atom stereocenters. The third-order valence-electron chi connectivity index (χ3n) is 3.70. The van der Waals surface area contributed by atoms with E-state index in [2.05, 4.69) is 15.0 Å². The van der Waals surface area contributed by atoms with Crippen LogP contribution in [0.2, 0.25) is 0 Å². The molecular weight excluding hydrogens is 368 g/mol. The van der Waals surface area contributed by atoms with Crippen molar-refractivity contribution in [2.24, 2.45) is 0 Å². The van der Waals surface area contributed by atoms with Gasteiger partial charge < -0.3 is 9.47 Å². The fourth-order valence-corrected chi connectivity index (χ4v) is 3.16. The standard InChI is InChI=1S/C19H16N2O5S/c1-25-17(23)9-13-11-27-19(20-13)21-16(22)10-26-18(24)15-8-4-6-12-5-2-3-7-14(12)15/h2-8,11H,9-10H2,1H3,(H,20,21,22). The highest BCUT2D eigenvalue weighted by atomic mass is 32.1. The molecule has 0 saturated carbocycles. The van der Waals surface area contributed by atoms with Crippen LogP contribution in [0, 0.1) is 0 Å². The van der Waals surface area contributed by atoms with E-state index in [-0.39, 0.29) is 6.42 Å². The molecule has 0 aliphatic rings. The summed E-state index contributed by atoms with van der Waals surface area (Å²) in [6.45, 7) is -0.437. The summed E-state index contributed by atoms with van der Waals surface area (Å²) in [6, 6.07) is 12.7. The average molecular weight is 384 g/mol. The molecule has 2 aromatic carbocycles. The number of rotatable bonds is 6. The number of nitrogens with zero attached hydrogens (tertiary/aromatic N) is 1. The summed E-state index contributed by atoms with van der Waals surface area (Å²) in [7, 11) is 1.29. The second-order valence-corrected chi connectivity index (χ2v) is 6.41. The van der Waals surface area contributed by atoms with Crippen LogP contribution < -0.4 is 5.32 Å². The van der Waals surface area contributed by atoms with Crippen LogP contribution in [0.4, 0.5) is 5.13 Å². The third-order valence-corrected chi connectivity index (χ3v) is 4.50. The first-order valence-corrected chi connectivity index (χ1v) is 8.90. The predicted octanol–water partition coefficient (Wildman–Crippen LogP) is 2.81. The zero-order chi connectivity index (χ0) is 19.2. The Morgan fingerprint density at radius 2 is 1.89 bits per heavy atom. The number of nitrogens with one attached hydrogen (secondary N) is 1. The maximum Gasteiger partial charge on any atom is 0.339 e. The minimum Gasteiger partial charge on any atom is -0.469 e. The summed E-state index contributed by atoms with van der Waals surface area (Å²) in [6.07, 6.45) is 0.0267. The summed E-state index contributed by atoms with van der Waals surface area (Å²) in [5.41, 5.74) is 0.894. The Morgan fingerprint density at radius 1 is 1.11 bits per heavy atom. The summed E-state index contributed by atoms with van der Waals surface area (Å²) in [5.74, 6) is -1.50. The van der Waals surface area contributed by atoms with Crippen LogP contribution in [0.15, 0.2) is 47.8 Å². The maximum atomic E-state index is 12.3. The van der Waals surface area contributed by atoms with E-state index in [1.165, 1.54) is 18.4 Å². The summed E-state index contributed by atoms with van der Waals surface area (Å²) >= 11 is 1.17. The van der Waals surface area contributed by atoms with Crippen LogP contribution >= 0.6 is 11.3 Å². The predicted molar refractivity (Wildman–Crippen MR) is 101 cm³/mol. The number of fused-ring (bicyclic) bond motifs is 1. The van der Waals surface area contributed by atoms with Crippen molar-refractivity contribution >= 4 is 45.1 Å². The topological polar surface area (TPSA) is 94.6 Å². The molecule has 1 heterocycles. The van der Waals surface area contributed by atoms with E-state index < -0.39 is 24.5 Å². The number of carbonyl (C=O) groups excluding carboxylic acids is 3. The zero-order valence-corrected chi connectivity index (χ0v) is 15.2. The minimum absolute atomic E-state index is 0.0267. The number of aromatic nitrogens is 1. The quantitative estimate of drug-likeness (QED) is 0.657. The molecular formula is C19H16N2O5S. The van der Waals surface area contributed by atoms with E-state index in [4.69, 9.17) is 4.74 Å². The van der Waals surface area contributed by atoms with Crippen molar-refractivity contribution in [2.45, 2.75) is 6.42 Å². The first kappa shape index (κ1) is 18.5. The van der Waals surface area contributed by atoms with Crippen molar-refractivity contribution in [3.05, 3.63) is 59.1 Å². The highest BCUT2D eigenvalue weighted by molar-refractivity contribution is 7.13. The second-order valence-electron chi connectivity index (χ2n) is 5.55. The summed E-state index contributed by atoms with van der Waals surface area (Å²) in [5, 5.41) is 6.18. The van der Waals surface area contributed by atoms with Crippen LogP contribution in [-0.2, 0) is 25.5 Å². The van der Waals surface area contributed by atoms with Gasteiger partial charge in [0.2, 0.25) is 0 Å². The van der Waals surface area contributed by atoms with Crippen molar-refractivity contribution in [1.29, 1.82) is 0 Å². The van der Waals surface area contributed by atoms with Gasteiger partial charge in [0.05, 0.1) is 24.8 Å². The van der Waals surface area contributed by atoms with Crippen LogP contribution in [0.25, 0.3) is 10.8 Å². The van der Waals surface area contributed by atoms with Gasteiger partial charge in [0.15, 0.2) is 11.7 Å². The van der Waals surface area contributed by atoms with Gasteiger partial charge in [-0.05, 0) is 16.8 Å². The van der Waals surface area contributed by atoms with Crippen molar-refractivity contribution in [1.82, 2.24) is 4.98 Å².